The van der Waals surface area contributed by atoms with Gasteiger partial charge < -0.3 is 4.74 Å². The third-order valence-electron chi connectivity index (χ3n) is 7.35. The minimum absolute atomic E-state index is 0.562. The Kier molecular flexibility index (Phi) is 4.64. The molecule has 5 aromatic carbocycles. The summed E-state index contributed by atoms with van der Waals surface area (Å²) < 4.78 is 8.60. The molecular formula is C32H20Br2O. The zero-order chi connectivity index (χ0) is 23.7. The summed E-state index contributed by atoms with van der Waals surface area (Å²) in [5.41, 5.74) is 10.5. The van der Waals surface area contributed by atoms with E-state index in [1.54, 1.807) is 0 Å². The molecule has 1 aliphatic heterocycles. The summed E-state index contributed by atoms with van der Waals surface area (Å²) in [6.45, 7) is 2.18. The third kappa shape index (κ3) is 2.86. The van der Waals surface area contributed by atoms with Crippen LogP contribution < -0.4 is 4.74 Å². The van der Waals surface area contributed by atoms with Crippen molar-refractivity contribution in [2.45, 2.75) is 12.3 Å². The summed E-state index contributed by atoms with van der Waals surface area (Å²) in [5.74, 6) is 1.76. The highest BCUT2D eigenvalue weighted by atomic mass is 79.9. The minimum Gasteiger partial charge on any atom is -0.455 e. The fourth-order valence-corrected chi connectivity index (χ4v) is 6.78. The van der Waals surface area contributed by atoms with Gasteiger partial charge in [-0.1, -0.05) is 100 Å². The van der Waals surface area contributed by atoms with Crippen LogP contribution in [-0.2, 0) is 5.41 Å². The summed E-state index contributed by atoms with van der Waals surface area (Å²) in [6, 6.07) is 37.3. The largest absolute Gasteiger partial charge is 0.455 e. The van der Waals surface area contributed by atoms with Crippen molar-refractivity contribution in [1.29, 1.82) is 0 Å². The molecule has 1 unspecified atom stereocenters. The number of benzene rings is 5. The van der Waals surface area contributed by atoms with Crippen LogP contribution in [0.5, 0.6) is 11.5 Å². The number of hydrogen-bond donors (Lipinski definition) is 0. The van der Waals surface area contributed by atoms with Gasteiger partial charge in [0.15, 0.2) is 0 Å². The second-order valence-corrected chi connectivity index (χ2v) is 11.0. The van der Waals surface area contributed by atoms with Gasteiger partial charge in [-0.15, -0.1) is 0 Å². The molecule has 0 saturated carbocycles. The first-order valence-electron chi connectivity index (χ1n) is 11.7. The lowest BCUT2D eigenvalue weighted by Crippen LogP contribution is -2.35. The van der Waals surface area contributed by atoms with Crippen molar-refractivity contribution in [1.82, 2.24) is 0 Å². The lowest BCUT2D eigenvalue weighted by molar-refractivity contribution is 0.432. The molecule has 1 heterocycles. The van der Waals surface area contributed by atoms with Crippen molar-refractivity contribution in [3.63, 3.8) is 0 Å². The molecule has 0 amide bonds. The zero-order valence-corrected chi connectivity index (χ0v) is 22.2. The van der Waals surface area contributed by atoms with E-state index in [1.165, 1.54) is 38.9 Å². The fraction of sp³-hybridized carbons (Fsp3) is 0.0625. The maximum absolute atomic E-state index is 6.59. The molecule has 0 saturated heterocycles. The molecule has 0 radical (unpaired) electrons. The Labute approximate surface area is 221 Å². The van der Waals surface area contributed by atoms with Crippen molar-refractivity contribution < 1.29 is 4.74 Å². The highest BCUT2D eigenvalue weighted by Gasteiger charge is 2.49. The van der Waals surface area contributed by atoms with E-state index >= 15 is 0 Å². The van der Waals surface area contributed by atoms with E-state index in [0.717, 1.165) is 31.6 Å². The van der Waals surface area contributed by atoms with E-state index in [2.05, 4.69) is 142 Å². The van der Waals surface area contributed by atoms with Crippen molar-refractivity contribution in [2.24, 2.45) is 0 Å². The number of para-hydroxylation sites is 2. The molecule has 7 rings (SSSR count). The Bertz CT molecular complexity index is 1590. The summed E-state index contributed by atoms with van der Waals surface area (Å²) in [5, 5.41) is 0. The van der Waals surface area contributed by atoms with Gasteiger partial charge >= 0.3 is 0 Å². The van der Waals surface area contributed by atoms with E-state index in [-0.39, 0.29) is 0 Å². The Hall–Kier alpha value is -3.14. The van der Waals surface area contributed by atoms with Gasteiger partial charge in [0.1, 0.15) is 11.5 Å². The molecule has 5 aromatic rings. The van der Waals surface area contributed by atoms with E-state index < -0.39 is 5.41 Å². The normalized spacial score (nSPS) is 16.8. The molecule has 0 N–H and O–H groups in total. The third-order valence-corrected chi connectivity index (χ3v) is 8.46. The van der Waals surface area contributed by atoms with Crippen LogP contribution in [0.1, 0.15) is 27.8 Å². The van der Waals surface area contributed by atoms with Gasteiger partial charge in [-0.25, -0.2) is 0 Å². The van der Waals surface area contributed by atoms with Crippen LogP contribution >= 0.6 is 31.9 Å². The first kappa shape index (κ1) is 21.2. The predicted molar refractivity (Wildman–Crippen MR) is 149 cm³/mol. The van der Waals surface area contributed by atoms with Gasteiger partial charge in [-0.05, 0) is 80.5 Å². The Balaban J connectivity index is 1.80. The molecule has 1 spiro atoms. The van der Waals surface area contributed by atoms with Gasteiger partial charge in [0, 0.05) is 15.6 Å². The van der Waals surface area contributed by atoms with E-state index in [4.69, 9.17) is 4.74 Å². The van der Waals surface area contributed by atoms with Crippen LogP contribution in [0, 0.1) is 6.92 Å². The van der Waals surface area contributed by atoms with Crippen molar-refractivity contribution in [3.05, 3.63) is 140 Å². The molecule has 0 aromatic heterocycles. The molecule has 3 heteroatoms. The standard InChI is InChI=1S/C32H20Br2O/c1-19-13-15-23-21-7-2-3-8-22(21)24-16-14-20(33)18-28(24)32(27(23)17-19)25-9-4-5-12-30(25)35-31-26(32)10-6-11-29(31)34/h2-18H,1H3. The maximum atomic E-state index is 6.59. The molecule has 0 fully saturated rings. The second-order valence-electron chi connectivity index (χ2n) is 9.25. The monoisotopic (exact) mass is 578 g/mol. The molecule has 1 nitrogen and oxygen atoms in total. The number of ether oxygens (including phenoxy) is 1. The fourth-order valence-electron chi connectivity index (χ4n) is 5.97. The number of halogens is 2. The molecule has 1 atom stereocenters. The average molecular weight is 580 g/mol. The highest BCUT2D eigenvalue weighted by molar-refractivity contribution is 9.10. The SMILES string of the molecule is Cc1ccc2c(c1)C1(c3ccccc3Oc3c(Br)cccc31)c1cc(Br)ccc1-c1ccccc1-2. The van der Waals surface area contributed by atoms with Crippen LogP contribution in [0.4, 0.5) is 0 Å². The quantitative estimate of drug-likeness (QED) is 0.174. The van der Waals surface area contributed by atoms with Crippen LogP contribution in [0.2, 0.25) is 0 Å². The molecule has 35 heavy (non-hydrogen) atoms. The van der Waals surface area contributed by atoms with Crippen LogP contribution in [0.25, 0.3) is 22.3 Å². The number of hydrogen-bond acceptors (Lipinski definition) is 1. The van der Waals surface area contributed by atoms with E-state index in [9.17, 15) is 0 Å². The first-order chi connectivity index (χ1) is 17.1. The second kappa shape index (κ2) is 7.68. The topological polar surface area (TPSA) is 9.23 Å². The van der Waals surface area contributed by atoms with Crippen molar-refractivity contribution in [2.75, 3.05) is 0 Å². The Morgan fingerprint density at radius 1 is 0.571 bits per heavy atom. The average Bonchev–Trinajstić information content (AvgIpc) is 2.97. The van der Waals surface area contributed by atoms with Crippen molar-refractivity contribution in [3.8, 4) is 33.8 Å². The lowest BCUT2D eigenvalue weighted by Gasteiger charge is -2.42. The minimum atomic E-state index is -0.562. The van der Waals surface area contributed by atoms with Gasteiger partial charge in [-0.2, -0.15) is 0 Å². The van der Waals surface area contributed by atoms with Crippen LogP contribution in [0.3, 0.4) is 0 Å². The summed E-state index contributed by atoms with van der Waals surface area (Å²) in [4.78, 5) is 0. The van der Waals surface area contributed by atoms with Gasteiger partial charge in [0.05, 0.1) is 9.89 Å². The molecule has 0 bridgehead atoms. The lowest BCUT2D eigenvalue weighted by atomic mass is 9.62. The van der Waals surface area contributed by atoms with Gasteiger partial charge in [0.25, 0.3) is 0 Å². The maximum Gasteiger partial charge on any atom is 0.146 e. The molecule has 2 aliphatic rings. The van der Waals surface area contributed by atoms with Crippen molar-refractivity contribution >= 4 is 31.9 Å². The Morgan fingerprint density at radius 3 is 2.03 bits per heavy atom. The highest BCUT2D eigenvalue weighted by Crippen LogP contribution is 2.61. The predicted octanol–water partition coefficient (Wildman–Crippen LogP) is 9.66. The number of aryl methyl sites for hydroxylation is 1. The first-order valence-corrected chi connectivity index (χ1v) is 13.2. The van der Waals surface area contributed by atoms with E-state index in [1.807, 2.05) is 0 Å². The van der Waals surface area contributed by atoms with E-state index in [0.29, 0.717) is 0 Å². The summed E-state index contributed by atoms with van der Waals surface area (Å²) in [7, 11) is 0. The molecular weight excluding hydrogens is 560 g/mol. The van der Waals surface area contributed by atoms with Crippen LogP contribution in [-0.4, -0.2) is 0 Å². The number of fused-ring (bicyclic) bond motifs is 11. The Morgan fingerprint density at radius 2 is 1.23 bits per heavy atom. The van der Waals surface area contributed by atoms with Gasteiger partial charge in [0.2, 0.25) is 0 Å². The summed E-state index contributed by atoms with van der Waals surface area (Å²) in [6.07, 6.45) is 0. The number of rotatable bonds is 0. The zero-order valence-electron chi connectivity index (χ0n) is 19.0. The molecule has 168 valence electrons. The molecule has 1 aliphatic carbocycles. The van der Waals surface area contributed by atoms with Crippen LogP contribution in [0.15, 0.2) is 112 Å². The van der Waals surface area contributed by atoms with Gasteiger partial charge in [-0.3, -0.25) is 0 Å². The smallest absolute Gasteiger partial charge is 0.146 e. The summed E-state index contributed by atoms with van der Waals surface area (Å²) >= 11 is 7.62.